The minimum atomic E-state index is 0.207. The van der Waals surface area contributed by atoms with E-state index in [1.54, 1.807) is 14.2 Å². The van der Waals surface area contributed by atoms with Crippen LogP contribution in [0.25, 0.3) is 0 Å². The molecule has 1 atom stereocenters. The van der Waals surface area contributed by atoms with Gasteiger partial charge in [-0.3, -0.25) is 0 Å². The molecule has 0 amide bonds. The summed E-state index contributed by atoms with van der Waals surface area (Å²) in [6, 6.07) is 7.99. The van der Waals surface area contributed by atoms with Gasteiger partial charge in [-0.1, -0.05) is 12.1 Å². The molecule has 108 valence electrons. The fraction of sp³-hybridized carbons (Fsp3) is 0.400. The van der Waals surface area contributed by atoms with Crippen molar-refractivity contribution >= 4 is 11.6 Å². The van der Waals surface area contributed by atoms with E-state index >= 15 is 0 Å². The first-order valence-electron chi connectivity index (χ1n) is 6.60. The number of aryl methyl sites for hydroxylation is 1. The first-order valence-corrected chi connectivity index (χ1v) is 6.60. The van der Waals surface area contributed by atoms with Crippen LogP contribution in [0, 0.1) is 6.92 Å². The Labute approximate surface area is 119 Å². The van der Waals surface area contributed by atoms with Crippen molar-refractivity contribution in [2.24, 2.45) is 0 Å². The van der Waals surface area contributed by atoms with Gasteiger partial charge in [-0.05, 0) is 26.0 Å². The number of aromatic nitrogens is 2. The maximum Gasteiger partial charge on any atom is 0.208 e. The maximum absolute atomic E-state index is 5.35. The predicted octanol–water partition coefficient (Wildman–Crippen LogP) is 3.15. The van der Waals surface area contributed by atoms with Crippen molar-refractivity contribution in [1.29, 1.82) is 0 Å². The minimum absolute atomic E-state index is 0.207. The number of nitrogens with zero attached hydrogens (tertiary/aromatic N) is 2. The van der Waals surface area contributed by atoms with Crippen LogP contribution in [0.1, 0.15) is 18.7 Å². The first-order chi connectivity index (χ1) is 9.65. The van der Waals surface area contributed by atoms with Crippen molar-refractivity contribution < 1.29 is 9.47 Å². The second-order valence-corrected chi connectivity index (χ2v) is 4.74. The van der Waals surface area contributed by atoms with Crippen LogP contribution in [-0.2, 0) is 4.74 Å². The molecule has 1 unspecified atom stereocenters. The molecule has 0 aliphatic heterocycles. The van der Waals surface area contributed by atoms with E-state index in [-0.39, 0.29) is 6.04 Å². The average Bonchev–Trinajstić information content (AvgIpc) is 2.80. The number of hydrogen-bond donors (Lipinski definition) is 1. The molecule has 0 spiro atoms. The molecule has 0 radical (unpaired) electrons. The fourth-order valence-electron chi connectivity index (χ4n) is 2.13. The standard InChI is InChI=1S/C15H21N3O2/c1-11-9-18(12(2)10-19-3)15(16-11)17-13-7-5-6-8-14(13)20-4/h5-9,12H,10H2,1-4H3,(H,16,17). The highest BCUT2D eigenvalue weighted by Gasteiger charge is 2.13. The highest BCUT2D eigenvalue weighted by atomic mass is 16.5. The van der Waals surface area contributed by atoms with Gasteiger partial charge in [0.25, 0.3) is 0 Å². The molecule has 1 aromatic carbocycles. The molecule has 5 heteroatoms. The molecule has 1 N–H and O–H groups in total. The molecular weight excluding hydrogens is 254 g/mol. The van der Waals surface area contributed by atoms with E-state index in [1.165, 1.54) is 0 Å². The van der Waals surface area contributed by atoms with E-state index < -0.39 is 0 Å². The zero-order chi connectivity index (χ0) is 14.5. The molecule has 1 aromatic heterocycles. The first kappa shape index (κ1) is 14.4. The molecule has 0 saturated carbocycles. The molecule has 0 fully saturated rings. The van der Waals surface area contributed by atoms with Gasteiger partial charge in [0, 0.05) is 13.3 Å². The van der Waals surface area contributed by atoms with Gasteiger partial charge in [-0.15, -0.1) is 0 Å². The maximum atomic E-state index is 5.35. The van der Waals surface area contributed by atoms with Crippen molar-refractivity contribution in [2.75, 3.05) is 26.1 Å². The van der Waals surface area contributed by atoms with Gasteiger partial charge in [0.1, 0.15) is 5.75 Å². The Bertz CT molecular complexity index is 566. The Balaban J connectivity index is 2.29. The Morgan fingerprint density at radius 3 is 2.75 bits per heavy atom. The number of hydrogen-bond acceptors (Lipinski definition) is 4. The SMILES string of the molecule is COCC(C)n1cc(C)nc1Nc1ccccc1OC. The zero-order valence-electron chi connectivity index (χ0n) is 12.4. The fourth-order valence-corrected chi connectivity index (χ4v) is 2.13. The number of nitrogens with one attached hydrogen (secondary N) is 1. The smallest absolute Gasteiger partial charge is 0.208 e. The molecule has 2 rings (SSSR count). The average molecular weight is 275 g/mol. The van der Waals surface area contributed by atoms with E-state index in [2.05, 4.69) is 21.8 Å². The van der Waals surface area contributed by atoms with Crippen molar-refractivity contribution in [3.8, 4) is 5.75 Å². The highest BCUT2D eigenvalue weighted by molar-refractivity contribution is 5.62. The van der Waals surface area contributed by atoms with E-state index in [9.17, 15) is 0 Å². The van der Waals surface area contributed by atoms with Crippen LogP contribution in [0.15, 0.2) is 30.5 Å². The topological polar surface area (TPSA) is 48.3 Å². The van der Waals surface area contributed by atoms with E-state index in [0.29, 0.717) is 6.61 Å². The van der Waals surface area contributed by atoms with Crippen LogP contribution in [0.3, 0.4) is 0 Å². The summed E-state index contributed by atoms with van der Waals surface area (Å²) < 4.78 is 12.6. The molecule has 0 aliphatic carbocycles. The van der Waals surface area contributed by atoms with Crippen LogP contribution < -0.4 is 10.1 Å². The highest BCUT2D eigenvalue weighted by Crippen LogP contribution is 2.27. The van der Waals surface area contributed by atoms with E-state index in [0.717, 1.165) is 23.1 Å². The summed E-state index contributed by atoms with van der Waals surface area (Å²) in [6.45, 7) is 4.71. The Morgan fingerprint density at radius 1 is 1.30 bits per heavy atom. The minimum Gasteiger partial charge on any atom is -0.495 e. The molecule has 20 heavy (non-hydrogen) atoms. The largest absolute Gasteiger partial charge is 0.495 e. The van der Waals surface area contributed by atoms with Gasteiger partial charge in [-0.2, -0.15) is 0 Å². The summed E-state index contributed by atoms with van der Waals surface area (Å²) in [5, 5.41) is 3.32. The lowest BCUT2D eigenvalue weighted by Crippen LogP contribution is -2.13. The Morgan fingerprint density at radius 2 is 2.05 bits per heavy atom. The van der Waals surface area contributed by atoms with Crippen LogP contribution in [0.2, 0.25) is 0 Å². The number of imidazole rings is 1. The Hall–Kier alpha value is -2.01. The number of anilines is 2. The third-order valence-electron chi connectivity index (χ3n) is 3.09. The Kier molecular flexibility index (Phi) is 4.63. The van der Waals surface area contributed by atoms with Crippen LogP contribution >= 0.6 is 0 Å². The number of rotatable bonds is 6. The van der Waals surface area contributed by atoms with Crippen LogP contribution in [-0.4, -0.2) is 30.4 Å². The van der Waals surface area contributed by atoms with E-state index in [1.807, 2.05) is 37.4 Å². The second kappa shape index (κ2) is 6.43. The van der Waals surface area contributed by atoms with Crippen LogP contribution in [0.5, 0.6) is 5.75 Å². The molecule has 0 aliphatic rings. The molecule has 2 aromatic rings. The number of benzene rings is 1. The molecule has 0 bridgehead atoms. The number of methoxy groups -OCH3 is 2. The summed E-state index contributed by atoms with van der Waals surface area (Å²) in [7, 11) is 3.36. The summed E-state index contributed by atoms with van der Waals surface area (Å²) in [5.41, 5.74) is 1.86. The predicted molar refractivity (Wildman–Crippen MR) is 79.8 cm³/mol. The summed E-state index contributed by atoms with van der Waals surface area (Å²) in [6.07, 6.45) is 2.02. The van der Waals surface area contributed by atoms with E-state index in [4.69, 9.17) is 9.47 Å². The zero-order valence-corrected chi connectivity index (χ0v) is 12.4. The summed E-state index contributed by atoms with van der Waals surface area (Å²) in [4.78, 5) is 4.53. The van der Waals surface area contributed by atoms with Gasteiger partial charge in [-0.25, -0.2) is 4.98 Å². The van der Waals surface area contributed by atoms with Crippen molar-refractivity contribution in [3.05, 3.63) is 36.2 Å². The van der Waals surface area contributed by atoms with Crippen molar-refractivity contribution in [2.45, 2.75) is 19.9 Å². The van der Waals surface area contributed by atoms with Gasteiger partial charge < -0.3 is 19.4 Å². The molecule has 1 heterocycles. The number of para-hydroxylation sites is 2. The van der Waals surface area contributed by atoms with Crippen molar-refractivity contribution in [3.63, 3.8) is 0 Å². The van der Waals surface area contributed by atoms with Gasteiger partial charge in [0.2, 0.25) is 5.95 Å². The lowest BCUT2D eigenvalue weighted by molar-refractivity contribution is 0.163. The van der Waals surface area contributed by atoms with Gasteiger partial charge >= 0.3 is 0 Å². The quantitative estimate of drug-likeness (QED) is 0.879. The van der Waals surface area contributed by atoms with Crippen molar-refractivity contribution in [1.82, 2.24) is 9.55 Å². The van der Waals surface area contributed by atoms with Gasteiger partial charge in [0.15, 0.2) is 0 Å². The number of ether oxygens (including phenoxy) is 2. The summed E-state index contributed by atoms with van der Waals surface area (Å²) >= 11 is 0. The third-order valence-corrected chi connectivity index (χ3v) is 3.09. The summed E-state index contributed by atoms with van der Waals surface area (Å²) in [5.74, 6) is 1.58. The van der Waals surface area contributed by atoms with Gasteiger partial charge in [0.05, 0.1) is 31.1 Å². The van der Waals surface area contributed by atoms with Crippen LogP contribution in [0.4, 0.5) is 11.6 Å². The lowest BCUT2D eigenvalue weighted by atomic mass is 10.3. The monoisotopic (exact) mass is 275 g/mol. The second-order valence-electron chi connectivity index (χ2n) is 4.74. The lowest BCUT2D eigenvalue weighted by Gasteiger charge is -2.17. The molecule has 0 saturated heterocycles. The normalized spacial score (nSPS) is 12.2. The third kappa shape index (κ3) is 3.11. The molecular formula is C15H21N3O2. The molecule has 5 nitrogen and oxygen atoms in total.